The van der Waals surface area contributed by atoms with Gasteiger partial charge < -0.3 is 4.74 Å². The van der Waals surface area contributed by atoms with E-state index in [1.165, 1.54) is 18.2 Å². The first-order valence-electron chi connectivity index (χ1n) is 10.9. The minimum absolute atomic E-state index is 0.180. The second-order valence-electron chi connectivity index (χ2n) is 7.96. The number of hydrogen-bond donors (Lipinski definition) is 1. The monoisotopic (exact) mass is 536 g/mol. The summed E-state index contributed by atoms with van der Waals surface area (Å²) in [6.45, 7) is 4.00. The summed E-state index contributed by atoms with van der Waals surface area (Å²) >= 11 is 3.55. The molecule has 0 radical (unpaired) electrons. The van der Waals surface area contributed by atoms with Gasteiger partial charge in [-0.2, -0.15) is 0 Å². The number of barbiturate groups is 1. The lowest BCUT2D eigenvalue weighted by atomic mass is 10.00. The van der Waals surface area contributed by atoms with Gasteiger partial charge in [-0.3, -0.25) is 14.9 Å². The summed E-state index contributed by atoms with van der Waals surface area (Å²) in [5, 5.41) is 2.24. The Bertz CT molecular complexity index is 1370. The number of imide groups is 2. The van der Waals surface area contributed by atoms with Gasteiger partial charge in [0.1, 0.15) is 17.1 Å². The molecule has 178 valence electrons. The summed E-state index contributed by atoms with van der Waals surface area (Å²) < 4.78 is 20.2. The molecule has 1 saturated heterocycles. The highest BCUT2D eigenvalue weighted by molar-refractivity contribution is 9.10. The molecule has 1 aliphatic heterocycles. The maximum atomic E-state index is 13.7. The van der Waals surface area contributed by atoms with E-state index in [0.717, 1.165) is 16.0 Å². The molecule has 0 spiro atoms. The number of aryl methyl sites for hydroxylation is 1. The number of benzene rings is 3. The molecule has 0 unspecified atom stereocenters. The SMILES string of the molecule is CCOc1cc(/C=C2\C(=O)NC(=O)N(c3ccccc3C)C2=O)cc(Br)c1Cc1cccc(F)c1. The Morgan fingerprint density at radius 2 is 1.83 bits per heavy atom. The van der Waals surface area contributed by atoms with Crippen LogP contribution in [-0.4, -0.2) is 24.5 Å². The zero-order chi connectivity index (χ0) is 25.1. The fourth-order valence-corrected chi connectivity index (χ4v) is 4.48. The summed E-state index contributed by atoms with van der Waals surface area (Å²) in [6.07, 6.45) is 1.84. The summed E-state index contributed by atoms with van der Waals surface area (Å²) in [5.41, 5.74) is 3.03. The van der Waals surface area contributed by atoms with Crippen LogP contribution in [0.5, 0.6) is 5.75 Å². The molecule has 0 saturated carbocycles. The van der Waals surface area contributed by atoms with Gasteiger partial charge in [-0.15, -0.1) is 0 Å². The molecule has 1 fully saturated rings. The molecule has 1 aliphatic rings. The van der Waals surface area contributed by atoms with Gasteiger partial charge in [-0.05, 0) is 66.9 Å². The Balaban J connectivity index is 1.73. The van der Waals surface area contributed by atoms with Crippen LogP contribution in [0.1, 0.15) is 29.2 Å². The normalized spacial score (nSPS) is 14.9. The molecule has 1 heterocycles. The molecule has 1 N–H and O–H groups in total. The van der Waals surface area contributed by atoms with E-state index < -0.39 is 17.8 Å². The van der Waals surface area contributed by atoms with Crippen molar-refractivity contribution in [2.24, 2.45) is 0 Å². The lowest BCUT2D eigenvalue weighted by Crippen LogP contribution is -2.54. The second kappa shape index (κ2) is 10.2. The predicted molar refractivity (Wildman–Crippen MR) is 135 cm³/mol. The van der Waals surface area contributed by atoms with Gasteiger partial charge in [-0.25, -0.2) is 14.1 Å². The third-order valence-electron chi connectivity index (χ3n) is 5.52. The van der Waals surface area contributed by atoms with E-state index in [-0.39, 0.29) is 11.4 Å². The van der Waals surface area contributed by atoms with Gasteiger partial charge in [0, 0.05) is 16.5 Å². The maximum absolute atomic E-state index is 13.7. The summed E-state index contributed by atoms with van der Waals surface area (Å²) in [7, 11) is 0. The molecule has 4 rings (SSSR count). The number of carbonyl (C=O) groups is 3. The molecular weight excluding hydrogens is 515 g/mol. The highest BCUT2D eigenvalue weighted by Crippen LogP contribution is 2.33. The van der Waals surface area contributed by atoms with E-state index in [1.807, 2.05) is 13.0 Å². The zero-order valence-corrected chi connectivity index (χ0v) is 20.7. The van der Waals surface area contributed by atoms with Gasteiger partial charge >= 0.3 is 6.03 Å². The fourth-order valence-electron chi connectivity index (χ4n) is 3.88. The van der Waals surface area contributed by atoms with Crippen LogP contribution in [-0.2, 0) is 16.0 Å². The van der Waals surface area contributed by atoms with E-state index >= 15 is 0 Å². The molecule has 0 aromatic heterocycles. The van der Waals surface area contributed by atoms with E-state index in [1.54, 1.807) is 49.4 Å². The minimum Gasteiger partial charge on any atom is -0.494 e. The second-order valence-corrected chi connectivity index (χ2v) is 8.82. The third-order valence-corrected chi connectivity index (χ3v) is 6.22. The molecule has 35 heavy (non-hydrogen) atoms. The summed E-state index contributed by atoms with van der Waals surface area (Å²) in [5.74, 6) is -1.28. The fraction of sp³-hybridized carbons (Fsp3) is 0.148. The maximum Gasteiger partial charge on any atom is 0.335 e. The van der Waals surface area contributed by atoms with Crippen molar-refractivity contribution in [1.82, 2.24) is 5.32 Å². The van der Waals surface area contributed by atoms with Crippen molar-refractivity contribution < 1.29 is 23.5 Å². The van der Waals surface area contributed by atoms with Crippen LogP contribution in [0.4, 0.5) is 14.9 Å². The largest absolute Gasteiger partial charge is 0.494 e. The Labute approximate surface area is 210 Å². The molecule has 0 atom stereocenters. The quantitative estimate of drug-likeness (QED) is 0.331. The lowest BCUT2D eigenvalue weighted by molar-refractivity contribution is -0.122. The summed E-state index contributed by atoms with van der Waals surface area (Å²) in [6, 6.07) is 15.9. The number of amides is 4. The average molecular weight is 537 g/mol. The highest BCUT2D eigenvalue weighted by atomic mass is 79.9. The summed E-state index contributed by atoms with van der Waals surface area (Å²) in [4.78, 5) is 39.3. The predicted octanol–water partition coefficient (Wildman–Crippen LogP) is 5.55. The van der Waals surface area contributed by atoms with Crippen molar-refractivity contribution >= 4 is 45.5 Å². The number of ether oxygens (including phenoxy) is 1. The first kappa shape index (κ1) is 24.3. The number of para-hydroxylation sites is 1. The van der Waals surface area contributed by atoms with Crippen LogP contribution in [0.25, 0.3) is 6.08 Å². The molecular formula is C27H22BrFN2O4. The number of anilines is 1. The van der Waals surface area contributed by atoms with Crippen molar-refractivity contribution in [2.75, 3.05) is 11.5 Å². The van der Waals surface area contributed by atoms with Crippen molar-refractivity contribution in [3.8, 4) is 5.75 Å². The third kappa shape index (κ3) is 5.17. The van der Waals surface area contributed by atoms with Crippen LogP contribution >= 0.6 is 15.9 Å². The molecule has 3 aromatic rings. The zero-order valence-electron chi connectivity index (χ0n) is 19.1. The van der Waals surface area contributed by atoms with Crippen LogP contribution in [0.3, 0.4) is 0 Å². The van der Waals surface area contributed by atoms with Crippen molar-refractivity contribution in [2.45, 2.75) is 20.3 Å². The number of halogens is 2. The van der Waals surface area contributed by atoms with Crippen LogP contribution in [0.15, 0.2) is 70.7 Å². The topological polar surface area (TPSA) is 75.7 Å². The first-order chi connectivity index (χ1) is 16.8. The Kier molecular flexibility index (Phi) is 7.12. The van der Waals surface area contributed by atoms with Crippen LogP contribution in [0.2, 0.25) is 0 Å². The van der Waals surface area contributed by atoms with Gasteiger partial charge in [0.2, 0.25) is 0 Å². The van der Waals surface area contributed by atoms with E-state index in [4.69, 9.17) is 4.74 Å². The van der Waals surface area contributed by atoms with Gasteiger partial charge in [0.15, 0.2) is 0 Å². The van der Waals surface area contributed by atoms with Crippen molar-refractivity contribution in [3.05, 3.63) is 98.8 Å². The molecule has 0 aliphatic carbocycles. The van der Waals surface area contributed by atoms with Gasteiger partial charge in [-0.1, -0.05) is 46.3 Å². The standard InChI is InChI=1S/C27H22BrFN2O4/c1-3-35-24-15-18(14-22(28)20(24)12-17-8-6-9-19(29)11-17)13-21-25(32)30-27(34)31(26(21)33)23-10-5-4-7-16(23)2/h4-11,13-15H,3,12H2,1-2H3,(H,30,32,34)/b21-13+. The Morgan fingerprint density at radius 1 is 1.06 bits per heavy atom. The first-order valence-corrected chi connectivity index (χ1v) is 11.7. The van der Waals surface area contributed by atoms with Gasteiger partial charge in [0.05, 0.1) is 12.3 Å². The molecule has 3 aromatic carbocycles. The molecule has 6 nitrogen and oxygen atoms in total. The van der Waals surface area contributed by atoms with E-state index in [2.05, 4.69) is 21.2 Å². The molecule has 0 bridgehead atoms. The number of carbonyl (C=O) groups excluding carboxylic acids is 3. The number of nitrogens with zero attached hydrogens (tertiary/aromatic N) is 1. The molecule has 8 heteroatoms. The highest BCUT2D eigenvalue weighted by Gasteiger charge is 2.37. The average Bonchev–Trinajstić information content (AvgIpc) is 2.80. The van der Waals surface area contributed by atoms with Crippen molar-refractivity contribution in [3.63, 3.8) is 0 Å². The van der Waals surface area contributed by atoms with Gasteiger partial charge in [0.25, 0.3) is 11.8 Å². The Morgan fingerprint density at radius 3 is 2.54 bits per heavy atom. The van der Waals surface area contributed by atoms with Crippen LogP contribution in [0, 0.1) is 12.7 Å². The number of hydrogen-bond acceptors (Lipinski definition) is 4. The van der Waals surface area contributed by atoms with E-state index in [0.29, 0.717) is 40.1 Å². The number of nitrogens with one attached hydrogen (secondary N) is 1. The molecule has 4 amide bonds. The Hall–Kier alpha value is -3.78. The van der Waals surface area contributed by atoms with Crippen molar-refractivity contribution in [1.29, 1.82) is 0 Å². The smallest absolute Gasteiger partial charge is 0.335 e. The lowest BCUT2D eigenvalue weighted by Gasteiger charge is -2.27. The van der Waals surface area contributed by atoms with Crippen LogP contribution < -0.4 is 15.0 Å². The van der Waals surface area contributed by atoms with E-state index in [9.17, 15) is 18.8 Å². The number of urea groups is 1. The number of rotatable bonds is 6. The minimum atomic E-state index is -0.798.